The molecule has 0 aliphatic carbocycles. The number of rotatable bonds is 5. The molecule has 7 heteroatoms. The molecule has 1 aromatic rings. The smallest absolute Gasteiger partial charge is 0.308 e. The average Bonchev–Trinajstić information content (AvgIpc) is 2.37. The highest BCUT2D eigenvalue weighted by Crippen LogP contribution is 2.22. The Morgan fingerprint density at radius 3 is 2.42 bits per heavy atom. The van der Waals surface area contributed by atoms with Gasteiger partial charge in [-0.05, 0) is 18.9 Å². The van der Waals surface area contributed by atoms with Gasteiger partial charge in [-0.3, -0.25) is 14.9 Å². The standard InChI is InChI=1S/C12H14F2N2O3/c1-3-8(4-2)15-12(17)9-5-7(13)6-10(11(9)14)16(18)19/h5-6,8H,3-4H2,1-2H3,(H,15,17). The Hall–Kier alpha value is -2.05. The monoisotopic (exact) mass is 272 g/mol. The van der Waals surface area contributed by atoms with Crippen molar-refractivity contribution in [2.45, 2.75) is 32.7 Å². The second kappa shape index (κ2) is 6.21. The van der Waals surface area contributed by atoms with E-state index in [0.29, 0.717) is 25.0 Å². The van der Waals surface area contributed by atoms with Gasteiger partial charge in [-0.2, -0.15) is 4.39 Å². The number of benzene rings is 1. The minimum atomic E-state index is -1.32. The van der Waals surface area contributed by atoms with Crippen LogP contribution in [0, 0.1) is 21.7 Å². The Bertz CT molecular complexity index is 502. The van der Waals surface area contributed by atoms with Crippen LogP contribution in [0.5, 0.6) is 0 Å². The molecule has 0 aliphatic heterocycles. The van der Waals surface area contributed by atoms with Gasteiger partial charge in [-0.15, -0.1) is 0 Å². The van der Waals surface area contributed by atoms with Crippen LogP contribution in [0.25, 0.3) is 0 Å². The van der Waals surface area contributed by atoms with Crippen LogP contribution in [0.15, 0.2) is 12.1 Å². The lowest BCUT2D eigenvalue weighted by Crippen LogP contribution is -2.34. The first kappa shape index (κ1) is 15.0. The zero-order chi connectivity index (χ0) is 14.6. The van der Waals surface area contributed by atoms with Crippen molar-refractivity contribution >= 4 is 11.6 Å². The van der Waals surface area contributed by atoms with Crippen molar-refractivity contribution in [1.29, 1.82) is 0 Å². The molecule has 0 fully saturated rings. The summed E-state index contributed by atoms with van der Waals surface area (Å²) in [7, 11) is 0. The molecule has 0 aliphatic rings. The summed E-state index contributed by atoms with van der Waals surface area (Å²) in [6, 6.07) is 0.915. The highest BCUT2D eigenvalue weighted by Gasteiger charge is 2.24. The van der Waals surface area contributed by atoms with Crippen LogP contribution in [-0.2, 0) is 0 Å². The summed E-state index contributed by atoms with van der Waals surface area (Å²) in [5.41, 5.74) is -1.70. The van der Waals surface area contributed by atoms with Crippen LogP contribution >= 0.6 is 0 Å². The maximum atomic E-state index is 13.7. The van der Waals surface area contributed by atoms with Gasteiger partial charge in [-0.25, -0.2) is 4.39 Å². The third-order valence-electron chi connectivity index (χ3n) is 2.78. The summed E-state index contributed by atoms with van der Waals surface area (Å²) in [4.78, 5) is 21.3. The van der Waals surface area contributed by atoms with Crippen molar-refractivity contribution in [1.82, 2.24) is 5.32 Å². The summed E-state index contributed by atoms with van der Waals surface area (Å²) in [6.07, 6.45) is 1.25. The first-order valence-electron chi connectivity index (χ1n) is 5.84. The number of hydrogen-bond acceptors (Lipinski definition) is 3. The molecule has 0 bridgehead atoms. The Balaban J connectivity index is 3.13. The normalized spacial score (nSPS) is 10.6. The second-order valence-corrected chi connectivity index (χ2v) is 4.03. The van der Waals surface area contributed by atoms with Crippen molar-refractivity contribution < 1.29 is 18.5 Å². The molecule has 5 nitrogen and oxygen atoms in total. The summed E-state index contributed by atoms with van der Waals surface area (Å²) in [5, 5.41) is 13.0. The van der Waals surface area contributed by atoms with Crippen LogP contribution < -0.4 is 5.32 Å². The first-order valence-corrected chi connectivity index (χ1v) is 5.84. The SMILES string of the molecule is CCC(CC)NC(=O)c1cc(F)cc([N+](=O)[O-])c1F. The highest BCUT2D eigenvalue weighted by atomic mass is 19.1. The van der Waals surface area contributed by atoms with Gasteiger partial charge in [0.05, 0.1) is 16.6 Å². The minimum absolute atomic E-state index is 0.186. The van der Waals surface area contributed by atoms with Crippen molar-refractivity contribution in [2.75, 3.05) is 0 Å². The Kier molecular flexibility index (Phi) is 4.91. The Morgan fingerprint density at radius 1 is 1.37 bits per heavy atom. The first-order chi connectivity index (χ1) is 8.90. The van der Waals surface area contributed by atoms with Crippen molar-refractivity contribution in [3.63, 3.8) is 0 Å². The summed E-state index contributed by atoms with van der Waals surface area (Å²) in [6.45, 7) is 3.66. The number of nitrogens with one attached hydrogen (secondary N) is 1. The lowest BCUT2D eigenvalue weighted by atomic mass is 10.1. The molecule has 0 spiro atoms. The quantitative estimate of drug-likeness (QED) is 0.661. The van der Waals surface area contributed by atoms with Crippen molar-refractivity contribution in [2.24, 2.45) is 0 Å². The van der Waals surface area contributed by atoms with E-state index >= 15 is 0 Å². The van der Waals surface area contributed by atoms with Gasteiger partial charge in [0, 0.05) is 6.04 Å². The summed E-state index contributed by atoms with van der Waals surface area (Å²) >= 11 is 0. The molecule has 1 aromatic carbocycles. The van der Waals surface area contributed by atoms with E-state index in [1.807, 2.05) is 13.8 Å². The van der Waals surface area contributed by atoms with E-state index in [1.165, 1.54) is 0 Å². The van der Waals surface area contributed by atoms with Gasteiger partial charge in [0.25, 0.3) is 5.91 Å². The molecule has 0 unspecified atom stereocenters. The molecule has 0 aromatic heterocycles. The Morgan fingerprint density at radius 2 is 1.95 bits per heavy atom. The van der Waals surface area contributed by atoms with Crippen LogP contribution in [-0.4, -0.2) is 16.9 Å². The van der Waals surface area contributed by atoms with Gasteiger partial charge in [0.15, 0.2) is 0 Å². The van der Waals surface area contributed by atoms with Crippen LogP contribution in [0.1, 0.15) is 37.0 Å². The fourth-order valence-electron chi connectivity index (χ4n) is 1.63. The minimum Gasteiger partial charge on any atom is -0.349 e. The van der Waals surface area contributed by atoms with Crippen LogP contribution in [0.4, 0.5) is 14.5 Å². The second-order valence-electron chi connectivity index (χ2n) is 4.03. The summed E-state index contributed by atoms with van der Waals surface area (Å²) < 4.78 is 26.9. The largest absolute Gasteiger partial charge is 0.349 e. The predicted molar refractivity (Wildman–Crippen MR) is 64.8 cm³/mol. The van der Waals surface area contributed by atoms with E-state index in [4.69, 9.17) is 0 Å². The van der Waals surface area contributed by atoms with Gasteiger partial charge in [0.1, 0.15) is 5.82 Å². The van der Waals surface area contributed by atoms with Gasteiger partial charge in [0.2, 0.25) is 5.82 Å². The van der Waals surface area contributed by atoms with E-state index in [-0.39, 0.29) is 6.04 Å². The van der Waals surface area contributed by atoms with Crippen LogP contribution in [0.2, 0.25) is 0 Å². The van der Waals surface area contributed by atoms with E-state index in [0.717, 1.165) is 0 Å². The third kappa shape index (κ3) is 3.46. The molecular weight excluding hydrogens is 258 g/mol. The number of nitrogens with zero attached hydrogens (tertiary/aromatic N) is 1. The number of amides is 1. The fourth-order valence-corrected chi connectivity index (χ4v) is 1.63. The molecule has 0 saturated carbocycles. The molecule has 1 rings (SSSR count). The molecule has 0 saturated heterocycles. The molecule has 104 valence electrons. The topological polar surface area (TPSA) is 72.2 Å². The molecule has 1 N–H and O–H groups in total. The lowest BCUT2D eigenvalue weighted by molar-refractivity contribution is -0.387. The zero-order valence-electron chi connectivity index (χ0n) is 10.6. The fraction of sp³-hybridized carbons (Fsp3) is 0.417. The number of nitro groups is 1. The summed E-state index contributed by atoms with van der Waals surface area (Å²) in [5.74, 6) is -3.20. The maximum Gasteiger partial charge on any atom is 0.308 e. The average molecular weight is 272 g/mol. The number of carbonyl (C=O) groups excluding carboxylic acids is 1. The number of hydrogen-bond donors (Lipinski definition) is 1. The van der Waals surface area contributed by atoms with Crippen LogP contribution in [0.3, 0.4) is 0 Å². The van der Waals surface area contributed by atoms with Gasteiger partial charge in [-0.1, -0.05) is 13.8 Å². The third-order valence-corrected chi connectivity index (χ3v) is 2.78. The number of halogens is 2. The number of nitro benzene ring substituents is 1. The lowest BCUT2D eigenvalue weighted by Gasteiger charge is -2.14. The van der Waals surface area contributed by atoms with E-state index in [1.54, 1.807) is 0 Å². The van der Waals surface area contributed by atoms with Crippen molar-refractivity contribution in [3.05, 3.63) is 39.4 Å². The molecule has 0 radical (unpaired) electrons. The van der Waals surface area contributed by atoms with E-state index in [2.05, 4.69) is 5.32 Å². The molecule has 19 heavy (non-hydrogen) atoms. The predicted octanol–water partition coefficient (Wildman–Crippen LogP) is 2.79. The number of carbonyl (C=O) groups is 1. The zero-order valence-corrected chi connectivity index (χ0v) is 10.6. The van der Waals surface area contributed by atoms with E-state index < -0.39 is 33.7 Å². The van der Waals surface area contributed by atoms with Crippen molar-refractivity contribution in [3.8, 4) is 0 Å². The molecule has 0 atom stereocenters. The van der Waals surface area contributed by atoms with Gasteiger partial charge >= 0.3 is 5.69 Å². The molecule has 0 heterocycles. The Labute approximate surface area is 108 Å². The maximum absolute atomic E-state index is 13.7. The molecule has 1 amide bonds. The highest BCUT2D eigenvalue weighted by molar-refractivity contribution is 5.95. The van der Waals surface area contributed by atoms with Gasteiger partial charge < -0.3 is 5.32 Å². The molecular formula is C12H14F2N2O3. The van der Waals surface area contributed by atoms with E-state index in [9.17, 15) is 23.7 Å².